The number of nitrogens with one attached hydrogen (secondary N) is 1. The molecule has 4 aromatic rings. The Bertz CT molecular complexity index is 1190. The molecule has 0 saturated heterocycles. The summed E-state index contributed by atoms with van der Waals surface area (Å²) in [6.45, 7) is 2.09. The van der Waals surface area contributed by atoms with Crippen molar-refractivity contribution in [3.8, 4) is 11.5 Å². The maximum absolute atomic E-state index is 13.3. The van der Waals surface area contributed by atoms with E-state index in [0.717, 1.165) is 16.5 Å². The van der Waals surface area contributed by atoms with Gasteiger partial charge >= 0.3 is 0 Å². The van der Waals surface area contributed by atoms with E-state index in [4.69, 9.17) is 4.74 Å². The van der Waals surface area contributed by atoms with Crippen LogP contribution >= 0.6 is 0 Å². The minimum atomic E-state index is -0.326. The maximum atomic E-state index is 13.3. The summed E-state index contributed by atoms with van der Waals surface area (Å²) in [5.74, 6) is 0.709. The standard InChI is InChI=1S/C24H19FN2O2/c1-16-19(24(28)27-15-17-6-4-7-18(25)14-17)9-5-11-22(16)29-23-12-13-26-21-10-3-2-8-20(21)23/h2-14H,15H2,1H3,(H,27,28). The summed E-state index contributed by atoms with van der Waals surface area (Å²) in [5.41, 5.74) is 2.78. The Kier molecular flexibility index (Phi) is 5.20. The average molecular weight is 386 g/mol. The summed E-state index contributed by atoms with van der Waals surface area (Å²) in [4.78, 5) is 17.0. The molecule has 144 valence electrons. The average Bonchev–Trinajstić information content (AvgIpc) is 2.74. The SMILES string of the molecule is Cc1c(Oc2ccnc3ccccc23)cccc1C(=O)NCc1cccc(F)c1. The minimum absolute atomic E-state index is 0.239. The van der Waals surface area contributed by atoms with Crippen molar-refractivity contribution in [1.29, 1.82) is 0 Å². The maximum Gasteiger partial charge on any atom is 0.251 e. The van der Waals surface area contributed by atoms with Crippen LogP contribution < -0.4 is 10.1 Å². The zero-order chi connectivity index (χ0) is 20.2. The van der Waals surface area contributed by atoms with Gasteiger partial charge in [-0.2, -0.15) is 0 Å². The third kappa shape index (κ3) is 4.09. The van der Waals surface area contributed by atoms with Gasteiger partial charge in [0.2, 0.25) is 0 Å². The normalized spacial score (nSPS) is 10.7. The van der Waals surface area contributed by atoms with E-state index >= 15 is 0 Å². The highest BCUT2D eigenvalue weighted by molar-refractivity contribution is 5.96. The van der Waals surface area contributed by atoms with Crippen molar-refractivity contribution in [2.45, 2.75) is 13.5 Å². The molecule has 0 aliphatic carbocycles. The number of ether oxygens (including phenoxy) is 1. The number of aromatic nitrogens is 1. The van der Waals surface area contributed by atoms with E-state index < -0.39 is 0 Å². The number of benzene rings is 3. The van der Waals surface area contributed by atoms with Gasteiger partial charge in [0.25, 0.3) is 5.91 Å². The number of hydrogen-bond acceptors (Lipinski definition) is 3. The van der Waals surface area contributed by atoms with E-state index in [1.165, 1.54) is 12.1 Å². The number of carbonyl (C=O) groups excluding carboxylic acids is 1. The van der Waals surface area contributed by atoms with Crippen LogP contribution in [0.15, 0.2) is 79.0 Å². The van der Waals surface area contributed by atoms with Crippen LogP contribution in [0, 0.1) is 12.7 Å². The van der Waals surface area contributed by atoms with Gasteiger partial charge in [-0.3, -0.25) is 9.78 Å². The second-order valence-electron chi connectivity index (χ2n) is 6.67. The van der Waals surface area contributed by atoms with Gasteiger partial charge in [-0.15, -0.1) is 0 Å². The Hall–Kier alpha value is -3.73. The fourth-order valence-corrected chi connectivity index (χ4v) is 3.17. The summed E-state index contributed by atoms with van der Waals surface area (Å²) < 4.78 is 19.4. The topological polar surface area (TPSA) is 51.2 Å². The number of para-hydroxylation sites is 1. The molecule has 5 heteroatoms. The van der Waals surface area contributed by atoms with Crippen molar-refractivity contribution in [3.05, 3.63) is 102 Å². The van der Waals surface area contributed by atoms with Gasteiger partial charge < -0.3 is 10.1 Å². The van der Waals surface area contributed by atoms with Crippen molar-refractivity contribution in [1.82, 2.24) is 10.3 Å². The monoisotopic (exact) mass is 386 g/mol. The van der Waals surface area contributed by atoms with Crippen LogP contribution in [-0.4, -0.2) is 10.9 Å². The first-order chi connectivity index (χ1) is 14.1. The van der Waals surface area contributed by atoms with Gasteiger partial charge in [0.15, 0.2) is 0 Å². The van der Waals surface area contributed by atoms with Crippen LogP contribution in [0.4, 0.5) is 4.39 Å². The Morgan fingerprint density at radius 2 is 1.83 bits per heavy atom. The lowest BCUT2D eigenvalue weighted by atomic mass is 10.1. The first kappa shape index (κ1) is 18.6. The molecule has 4 rings (SSSR count). The van der Waals surface area contributed by atoms with E-state index in [0.29, 0.717) is 22.6 Å². The number of halogens is 1. The number of pyridine rings is 1. The molecule has 0 radical (unpaired) electrons. The fraction of sp³-hybridized carbons (Fsp3) is 0.0833. The lowest BCUT2D eigenvalue weighted by Gasteiger charge is -2.14. The van der Waals surface area contributed by atoms with Gasteiger partial charge in [0.05, 0.1) is 5.52 Å². The molecule has 3 aromatic carbocycles. The summed E-state index contributed by atoms with van der Waals surface area (Å²) in [5, 5.41) is 3.73. The molecule has 0 aliphatic rings. The summed E-state index contributed by atoms with van der Waals surface area (Å²) in [7, 11) is 0. The number of carbonyl (C=O) groups is 1. The van der Waals surface area contributed by atoms with E-state index in [1.807, 2.05) is 37.3 Å². The molecule has 0 fully saturated rings. The predicted octanol–water partition coefficient (Wildman–Crippen LogP) is 5.40. The predicted molar refractivity (Wildman–Crippen MR) is 111 cm³/mol. The van der Waals surface area contributed by atoms with Crippen LogP contribution in [0.1, 0.15) is 21.5 Å². The summed E-state index contributed by atoms with van der Waals surface area (Å²) in [6, 6.07) is 21.0. The van der Waals surface area contributed by atoms with Crippen LogP contribution in [0.25, 0.3) is 10.9 Å². The summed E-state index contributed by atoms with van der Waals surface area (Å²) in [6.07, 6.45) is 1.70. The van der Waals surface area contributed by atoms with E-state index in [1.54, 1.807) is 36.5 Å². The number of nitrogens with zero attached hydrogens (tertiary/aromatic N) is 1. The van der Waals surface area contributed by atoms with Gasteiger partial charge in [0, 0.05) is 29.3 Å². The van der Waals surface area contributed by atoms with Gasteiger partial charge in [0.1, 0.15) is 17.3 Å². The molecule has 4 nitrogen and oxygen atoms in total. The Labute approximate surface area is 168 Å². The van der Waals surface area contributed by atoms with Crippen molar-refractivity contribution < 1.29 is 13.9 Å². The molecule has 0 unspecified atom stereocenters. The van der Waals surface area contributed by atoms with Gasteiger partial charge in [-0.25, -0.2) is 4.39 Å². The Balaban J connectivity index is 1.56. The molecular formula is C24H19FN2O2. The molecule has 0 spiro atoms. The highest BCUT2D eigenvalue weighted by atomic mass is 19.1. The molecule has 1 aromatic heterocycles. The second-order valence-corrected chi connectivity index (χ2v) is 6.67. The molecule has 0 bridgehead atoms. The van der Waals surface area contributed by atoms with E-state index in [9.17, 15) is 9.18 Å². The van der Waals surface area contributed by atoms with Crippen LogP contribution in [0.2, 0.25) is 0 Å². The minimum Gasteiger partial charge on any atom is -0.456 e. The number of rotatable bonds is 5. The smallest absolute Gasteiger partial charge is 0.251 e. The number of amides is 1. The molecule has 1 N–H and O–H groups in total. The van der Waals surface area contributed by atoms with Crippen LogP contribution in [-0.2, 0) is 6.54 Å². The first-order valence-electron chi connectivity index (χ1n) is 9.26. The van der Waals surface area contributed by atoms with Crippen LogP contribution in [0.5, 0.6) is 11.5 Å². The van der Waals surface area contributed by atoms with E-state index in [2.05, 4.69) is 10.3 Å². The Morgan fingerprint density at radius 1 is 1.00 bits per heavy atom. The molecule has 0 atom stereocenters. The largest absolute Gasteiger partial charge is 0.456 e. The zero-order valence-electron chi connectivity index (χ0n) is 15.9. The fourth-order valence-electron chi connectivity index (χ4n) is 3.17. The third-order valence-electron chi connectivity index (χ3n) is 4.70. The second kappa shape index (κ2) is 8.10. The van der Waals surface area contributed by atoms with Crippen molar-refractivity contribution in [3.63, 3.8) is 0 Å². The van der Waals surface area contributed by atoms with Gasteiger partial charge in [-0.05, 0) is 55.0 Å². The molecular weight excluding hydrogens is 367 g/mol. The first-order valence-corrected chi connectivity index (χ1v) is 9.26. The van der Waals surface area contributed by atoms with E-state index in [-0.39, 0.29) is 18.3 Å². The molecule has 29 heavy (non-hydrogen) atoms. The quantitative estimate of drug-likeness (QED) is 0.499. The third-order valence-corrected chi connectivity index (χ3v) is 4.70. The van der Waals surface area contributed by atoms with Crippen LogP contribution in [0.3, 0.4) is 0 Å². The molecule has 1 amide bonds. The molecule has 0 aliphatic heterocycles. The number of fused-ring (bicyclic) bond motifs is 1. The van der Waals surface area contributed by atoms with Crippen molar-refractivity contribution in [2.24, 2.45) is 0 Å². The lowest BCUT2D eigenvalue weighted by Crippen LogP contribution is -2.23. The van der Waals surface area contributed by atoms with Gasteiger partial charge in [-0.1, -0.05) is 30.3 Å². The zero-order valence-corrected chi connectivity index (χ0v) is 15.9. The lowest BCUT2D eigenvalue weighted by molar-refractivity contribution is 0.0950. The Morgan fingerprint density at radius 3 is 2.69 bits per heavy atom. The van der Waals surface area contributed by atoms with Crippen molar-refractivity contribution in [2.75, 3.05) is 0 Å². The van der Waals surface area contributed by atoms with Crippen molar-refractivity contribution >= 4 is 16.8 Å². The number of hydrogen-bond donors (Lipinski definition) is 1. The summed E-state index contributed by atoms with van der Waals surface area (Å²) >= 11 is 0. The highest BCUT2D eigenvalue weighted by Gasteiger charge is 2.14. The molecule has 1 heterocycles. The molecule has 0 saturated carbocycles. The highest BCUT2D eigenvalue weighted by Crippen LogP contribution is 2.31.